The van der Waals surface area contributed by atoms with Crippen LogP contribution in [0.4, 0.5) is 0 Å². The van der Waals surface area contributed by atoms with Gasteiger partial charge in [-0.05, 0) is 31.7 Å². The van der Waals surface area contributed by atoms with Gasteiger partial charge in [-0.1, -0.05) is 0 Å². The average molecular weight is 145 g/mol. The van der Waals surface area contributed by atoms with Crippen molar-refractivity contribution in [2.24, 2.45) is 4.40 Å². The van der Waals surface area contributed by atoms with E-state index >= 15 is 0 Å². The maximum Gasteiger partial charge on any atom is 0.145 e. The van der Waals surface area contributed by atoms with Gasteiger partial charge in [0.2, 0.25) is 0 Å². The molecule has 0 spiro atoms. The van der Waals surface area contributed by atoms with Crippen molar-refractivity contribution >= 4 is 17.2 Å². The second-order valence-electron chi connectivity index (χ2n) is 2.61. The maximum absolute atomic E-state index is 10.9. The first-order chi connectivity index (χ1) is 3.98. The van der Waals surface area contributed by atoms with Gasteiger partial charge in [-0.3, -0.25) is 0 Å². The summed E-state index contributed by atoms with van der Waals surface area (Å²) >= 11 is -1.19. The minimum Gasteiger partial charge on any atom is -0.590 e. The molecule has 0 heterocycles. The fourth-order valence-electron chi connectivity index (χ4n) is 0.196. The van der Waals surface area contributed by atoms with E-state index in [0.717, 1.165) is 0 Å². The molecule has 0 N–H and O–H groups in total. The molecule has 0 aromatic carbocycles. The van der Waals surface area contributed by atoms with Crippen molar-refractivity contribution in [2.45, 2.75) is 25.5 Å². The Labute approximate surface area is 59.0 Å². The Hall–Kier alpha value is -0.240. The molecule has 0 aliphatic rings. The predicted octanol–water partition coefficient (Wildman–Crippen LogP) is 1.30. The fraction of sp³-hybridized carbons (Fsp3) is 0.667. The molecule has 0 aromatic rings. The van der Waals surface area contributed by atoms with Gasteiger partial charge >= 0.3 is 0 Å². The first-order valence-corrected chi connectivity index (χ1v) is 3.74. The van der Waals surface area contributed by atoms with Gasteiger partial charge < -0.3 is 4.55 Å². The fourth-order valence-corrected chi connectivity index (χ4v) is 0.587. The molecule has 0 aliphatic heterocycles. The van der Waals surface area contributed by atoms with Crippen LogP contribution in [0.25, 0.3) is 0 Å². The zero-order chi connectivity index (χ0) is 7.49. The Bertz CT molecular complexity index is 132. The van der Waals surface area contributed by atoms with Gasteiger partial charge in [-0.25, -0.2) is 0 Å². The van der Waals surface area contributed by atoms with Crippen LogP contribution in [0, 0.1) is 0 Å². The van der Waals surface area contributed by atoms with Crippen molar-refractivity contribution in [3.63, 3.8) is 0 Å². The van der Waals surface area contributed by atoms with E-state index < -0.39 is 11.4 Å². The van der Waals surface area contributed by atoms with Gasteiger partial charge in [-0.2, -0.15) is 0 Å². The predicted molar refractivity (Wildman–Crippen MR) is 41.0 cm³/mol. The van der Waals surface area contributed by atoms with E-state index in [0.29, 0.717) is 0 Å². The summed E-state index contributed by atoms with van der Waals surface area (Å²) in [5.74, 6) is 2.25. The van der Waals surface area contributed by atoms with Crippen LogP contribution in [-0.4, -0.2) is 15.2 Å². The lowest BCUT2D eigenvalue weighted by molar-refractivity contribution is 0.562. The summed E-state index contributed by atoms with van der Waals surface area (Å²) in [6.45, 7) is 8.78. The van der Waals surface area contributed by atoms with E-state index in [-0.39, 0.29) is 4.75 Å². The molecule has 1 atom stereocenters. The quantitative estimate of drug-likeness (QED) is 0.404. The summed E-state index contributed by atoms with van der Waals surface area (Å²) in [6.07, 6.45) is 0. The SMILES string of the molecule is C=C=N[S@+]([O-])C(C)(C)C. The summed E-state index contributed by atoms with van der Waals surface area (Å²) in [5, 5.41) is 0. The molecule has 0 saturated carbocycles. The third-order valence-electron chi connectivity index (χ3n) is 0.671. The maximum atomic E-state index is 10.9. The largest absolute Gasteiger partial charge is 0.590 e. The van der Waals surface area contributed by atoms with Gasteiger partial charge in [0.1, 0.15) is 16.1 Å². The average Bonchev–Trinajstić information content (AvgIpc) is 1.64. The molecule has 0 unspecified atom stereocenters. The Morgan fingerprint density at radius 1 is 1.56 bits per heavy atom. The molecule has 0 aliphatic carbocycles. The van der Waals surface area contributed by atoms with Gasteiger partial charge in [0.15, 0.2) is 0 Å². The molecule has 0 saturated heterocycles. The van der Waals surface area contributed by atoms with E-state index in [2.05, 4.69) is 16.8 Å². The first kappa shape index (κ1) is 8.76. The number of nitrogens with zero attached hydrogens (tertiary/aromatic N) is 1. The third-order valence-corrected chi connectivity index (χ3v) is 2.01. The van der Waals surface area contributed by atoms with Crippen LogP contribution in [0.1, 0.15) is 20.8 Å². The van der Waals surface area contributed by atoms with Crippen LogP contribution in [0.15, 0.2) is 11.0 Å². The molecular weight excluding hydrogens is 134 g/mol. The Balaban J connectivity index is 4.03. The lowest BCUT2D eigenvalue weighted by atomic mass is 10.3. The minimum absolute atomic E-state index is 0.287. The lowest BCUT2D eigenvalue weighted by Gasteiger charge is -2.16. The second-order valence-corrected chi connectivity index (χ2v) is 4.52. The highest BCUT2D eigenvalue weighted by Crippen LogP contribution is 2.15. The monoisotopic (exact) mass is 145 g/mol. The topological polar surface area (TPSA) is 35.4 Å². The Kier molecular flexibility index (Phi) is 2.98. The first-order valence-electron chi connectivity index (χ1n) is 2.63. The molecule has 9 heavy (non-hydrogen) atoms. The summed E-state index contributed by atoms with van der Waals surface area (Å²) in [7, 11) is 0. The number of rotatable bonds is 1. The molecular formula is C6H11NOS. The van der Waals surface area contributed by atoms with Crippen LogP contribution in [-0.2, 0) is 11.4 Å². The number of hydrogen-bond donors (Lipinski definition) is 0. The van der Waals surface area contributed by atoms with Crippen molar-refractivity contribution in [1.29, 1.82) is 0 Å². The molecule has 2 nitrogen and oxygen atoms in total. The van der Waals surface area contributed by atoms with Crippen molar-refractivity contribution in [1.82, 2.24) is 0 Å². The van der Waals surface area contributed by atoms with Gasteiger partial charge in [0.05, 0.1) is 0 Å². The van der Waals surface area contributed by atoms with Gasteiger partial charge in [0.25, 0.3) is 0 Å². The van der Waals surface area contributed by atoms with Crippen molar-refractivity contribution in [2.75, 3.05) is 0 Å². The van der Waals surface area contributed by atoms with Crippen LogP contribution in [0.3, 0.4) is 0 Å². The molecule has 0 rings (SSSR count). The normalized spacial score (nSPS) is 14.2. The zero-order valence-corrected chi connectivity index (χ0v) is 6.79. The van der Waals surface area contributed by atoms with Gasteiger partial charge in [0, 0.05) is 5.87 Å². The van der Waals surface area contributed by atoms with Gasteiger partial charge in [-0.15, -0.1) is 0 Å². The van der Waals surface area contributed by atoms with Crippen molar-refractivity contribution in [3.8, 4) is 0 Å². The highest BCUT2D eigenvalue weighted by Gasteiger charge is 2.25. The molecule has 0 bridgehead atoms. The van der Waals surface area contributed by atoms with Crippen LogP contribution >= 0.6 is 0 Å². The highest BCUT2D eigenvalue weighted by molar-refractivity contribution is 7.91. The molecule has 52 valence electrons. The van der Waals surface area contributed by atoms with E-state index in [1.807, 2.05) is 20.8 Å². The smallest absolute Gasteiger partial charge is 0.145 e. The summed E-state index contributed by atoms with van der Waals surface area (Å²) < 4.78 is 14.1. The van der Waals surface area contributed by atoms with Crippen molar-refractivity contribution < 1.29 is 4.55 Å². The molecule has 0 amide bonds. The van der Waals surface area contributed by atoms with E-state index in [1.54, 1.807) is 0 Å². The second kappa shape index (κ2) is 3.06. The number of hydrogen-bond acceptors (Lipinski definition) is 2. The summed E-state index contributed by atoms with van der Waals surface area (Å²) in [5.41, 5.74) is 0. The molecule has 3 heteroatoms. The highest BCUT2D eigenvalue weighted by atomic mass is 32.2. The third kappa shape index (κ3) is 3.36. The van der Waals surface area contributed by atoms with E-state index in [9.17, 15) is 4.55 Å². The Morgan fingerprint density at radius 3 is 2.11 bits per heavy atom. The van der Waals surface area contributed by atoms with E-state index in [4.69, 9.17) is 0 Å². The zero-order valence-electron chi connectivity index (χ0n) is 5.97. The Morgan fingerprint density at radius 2 is 2.00 bits per heavy atom. The van der Waals surface area contributed by atoms with Crippen molar-refractivity contribution in [3.05, 3.63) is 6.58 Å². The minimum atomic E-state index is -1.19. The van der Waals surface area contributed by atoms with Crippen LogP contribution in [0.2, 0.25) is 0 Å². The summed E-state index contributed by atoms with van der Waals surface area (Å²) in [4.78, 5) is 0. The molecule has 0 radical (unpaired) electrons. The molecule has 0 fully saturated rings. The van der Waals surface area contributed by atoms with Crippen LogP contribution in [0.5, 0.6) is 0 Å². The lowest BCUT2D eigenvalue weighted by Crippen LogP contribution is -2.25. The van der Waals surface area contributed by atoms with E-state index in [1.165, 1.54) is 0 Å². The summed E-state index contributed by atoms with van der Waals surface area (Å²) in [6, 6.07) is 0. The van der Waals surface area contributed by atoms with Crippen LogP contribution < -0.4 is 0 Å². The standard InChI is InChI=1S/C6H11NOS/c1-5-7-9(8)6(2,3)4/h1H2,2-4H3/t9-/m1/s1. The molecule has 0 aromatic heterocycles.